The molecule has 0 bridgehead atoms. The smallest absolute Gasteiger partial charge is 0.326 e. The summed E-state index contributed by atoms with van der Waals surface area (Å²) in [6.45, 7) is 2.64. The summed E-state index contributed by atoms with van der Waals surface area (Å²) in [5.74, 6) is -0.793. The van der Waals surface area contributed by atoms with Crippen LogP contribution in [0.5, 0.6) is 0 Å². The van der Waals surface area contributed by atoms with Crippen molar-refractivity contribution in [1.29, 1.82) is 0 Å². The molecule has 0 aromatic heterocycles. The molecular formula is C17H17ClN2O6S. The van der Waals surface area contributed by atoms with Crippen LogP contribution in [0, 0.1) is 24.0 Å². The highest BCUT2D eigenvalue weighted by molar-refractivity contribution is 7.93. The van der Waals surface area contributed by atoms with Crippen molar-refractivity contribution in [1.82, 2.24) is 0 Å². The van der Waals surface area contributed by atoms with E-state index in [9.17, 15) is 23.3 Å². The first-order valence-electron chi connectivity index (χ1n) is 7.68. The number of nitrogens with zero attached hydrogens (tertiary/aromatic N) is 2. The minimum atomic E-state index is -4.31. The number of methoxy groups -OCH3 is 1. The number of benzene rings is 2. The number of hydrogen-bond donors (Lipinski definition) is 0. The number of anilines is 1. The zero-order valence-corrected chi connectivity index (χ0v) is 16.4. The minimum absolute atomic E-state index is 0.141. The third kappa shape index (κ3) is 4.37. The Kier molecular flexibility index (Phi) is 6.07. The summed E-state index contributed by atoms with van der Waals surface area (Å²) < 4.78 is 31.9. The normalized spacial score (nSPS) is 11.1. The third-order valence-electron chi connectivity index (χ3n) is 3.89. The van der Waals surface area contributed by atoms with Gasteiger partial charge < -0.3 is 4.74 Å². The van der Waals surface area contributed by atoms with Crippen LogP contribution >= 0.6 is 11.6 Å². The van der Waals surface area contributed by atoms with E-state index in [1.807, 2.05) is 0 Å². The molecule has 0 aliphatic carbocycles. The topological polar surface area (TPSA) is 107 Å². The Morgan fingerprint density at radius 3 is 2.37 bits per heavy atom. The number of esters is 1. The lowest BCUT2D eigenvalue weighted by atomic mass is 10.2. The lowest BCUT2D eigenvalue weighted by Crippen LogP contribution is -2.36. The molecule has 8 nitrogen and oxygen atoms in total. The van der Waals surface area contributed by atoms with Crippen LogP contribution in [-0.4, -0.2) is 33.0 Å². The van der Waals surface area contributed by atoms with Gasteiger partial charge in [0, 0.05) is 17.2 Å². The second-order valence-electron chi connectivity index (χ2n) is 5.73. The monoisotopic (exact) mass is 412 g/mol. The van der Waals surface area contributed by atoms with Crippen LogP contribution < -0.4 is 4.31 Å². The second-order valence-corrected chi connectivity index (χ2v) is 7.97. The molecule has 2 rings (SSSR count). The fraction of sp³-hybridized carbons (Fsp3) is 0.235. The number of hydrogen-bond acceptors (Lipinski definition) is 6. The molecule has 0 aliphatic rings. The van der Waals surface area contributed by atoms with Gasteiger partial charge in [0.1, 0.15) is 6.54 Å². The summed E-state index contributed by atoms with van der Waals surface area (Å²) in [5, 5.41) is 11.4. The maximum Gasteiger partial charge on any atom is 0.326 e. The molecular weight excluding hydrogens is 396 g/mol. The van der Waals surface area contributed by atoms with Gasteiger partial charge in [0.05, 0.1) is 22.6 Å². The van der Waals surface area contributed by atoms with Crippen molar-refractivity contribution in [2.24, 2.45) is 0 Å². The van der Waals surface area contributed by atoms with Crippen molar-refractivity contribution in [2.45, 2.75) is 18.7 Å². The molecule has 2 aromatic rings. The molecule has 0 heterocycles. The predicted molar refractivity (Wildman–Crippen MR) is 101 cm³/mol. The van der Waals surface area contributed by atoms with Crippen LogP contribution in [-0.2, 0) is 19.6 Å². The van der Waals surface area contributed by atoms with Crippen LogP contribution in [0.1, 0.15) is 11.1 Å². The summed E-state index contributed by atoms with van der Waals surface area (Å²) in [6.07, 6.45) is 0. The van der Waals surface area contributed by atoms with E-state index in [2.05, 4.69) is 4.74 Å². The number of sulfonamides is 1. The van der Waals surface area contributed by atoms with Crippen LogP contribution in [0.15, 0.2) is 41.3 Å². The van der Waals surface area contributed by atoms with Gasteiger partial charge in [0.2, 0.25) is 0 Å². The fourth-order valence-corrected chi connectivity index (χ4v) is 4.16. The molecule has 0 amide bonds. The van der Waals surface area contributed by atoms with E-state index in [0.717, 1.165) is 23.0 Å². The number of carbonyl (C=O) groups is 1. The molecule has 27 heavy (non-hydrogen) atoms. The number of carbonyl (C=O) groups excluding carboxylic acids is 1. The van der Waals surface area contributed by atoms with Gasteiger partial charge in [-0.2, -0.15) is 0 Å². The zero-order valence-electron chi connectivity index (χ0n) is 14.8. The van der Waals surface area contributed by atoms with E-state index in [1.165, 1.54) is 31.2 Å². The summed E-state index contributed by atoms with van der Waals surface area (Å²) in [5.41, 5.74) is 0.789. The molecule has 0 unspecified atom stereocenters. The SMILES string of the molecule is COC(=O)CN(c1ccc(C)c(Cl)c1)S(=O)(=O)c1cc([N+](=O)[O-])ccc1C. The molecule has 144 valence electrons. The molecule has 0 saturated carbocycles. The quantitative estimate of drug-likeness (QED) is 0.409. The molecule has 0 saturated heterocycles. The predicted octanol–water partition coefficient (Wildman–Crippen LogP) is 3.23. The van der Waals surface area contributed by atoms with E-state index in [0.29, 0.717) is 10.6 Å². The first-order chi connectivity index (χ1) is 12.6. The Morgan fingerprint density at radius 2 is 1.81 bits per heavy atom. The first-order valence-corrected chi connectivity index (χ1v) is 9.50. The summed E-state index contributed by atoms with van der Waals surface area (Å²) in [7, 11) is -3.17. The Bertz CT molecular complexity index is 1010. The van der Waals surface area contributed by atoms with Gasteiger partial charge in [0.25, 0.3) is 15.7 Å². The molecule has 0 radical (unpaired) electrons. The molecule has 2 aromatic carbocycles. The number of nitro groups is 1. The van der Waals surface area contributed by atoms with E-state index in [1.54, 1.807) is 13.0 Å². The zero-order chi connectivity index (χ0) is 20.4. The first kappa shape index (κ1) is 20.7. The highest BCUT2D eigenvalue weighted by Gasteiger charge is 2.30. The van der Waals surface area contributed by atoms with Gasteiger partial charge in [0.15, 0.2) is 0 Å². The largest absolute Gasteiger partial charge is 0.468 e. The lowest BCUT2D eigenvalue weighted by molar-refractivity contribution is -0.385. The lowest BCUT2D eigenvalue weighted by Gasteiger charge is -2.24. The number of non-ortho nitro benzene ring substituents is 1. The van der Waals surface area contributed by atoms with Crippen LogP contribution in [0.25, 0.3) is 0 Å². The van der Waals surface area contributed by atoms with Crippen LogP contribution in [0.3, 0.4) is 0 Å². The van der Waals surface area contributed by atoms with Crippen molar-refractivity contribution in [3.63, 3.8) is 0 Å². The third-order valence-corrected chi connectivity index (χ3v) is 6.22. The summed E-state index contributed by atoms with van der Waals surface area (Å²) >= 11 is 6.10. The van der Waals surface area contributed by atoms with E-state index >= 15 is 0 Å². The highest BCUT2D eigenvalue weighted by atomic mass is 35.5. The van der Waals surface area contributed by atoms with Gasteiger partial charge in [-0.3, -0.25) is 19.2 Å². The van der Waals surface area contributed by atoms with Gasteiger partial charge in [-0.25, -0.2) is 8.42 Å². The van der Waals surface area contributed by atoms with Gasteiger partial charge >= 0.3 is 5.97 Å². The second kappa shape index (κ2) is 7.93. The van der Waals surface area contributed by atoms with Crippen molar-refractivity contribution in [2.75, 3.05) is 18.0 Å². The summed E-state index contributed by atoms with van der Waals surface area (Å²) in [6, 6.07) is 8.02. The van der Waals surface area contributed by atoms with E-state index in [4.69, 9.17) is 11.6 Å². The van der Waals surface area contributed by atoms with Crippen molar-refractivity contribution in [3.8, 4) is 0 Å². The van der Waals surface area contributed by atoms with Crippen molar-refractivity contribution in [3.05, 3.63) is 62.7 Å². The van der Waals surface area contributed by atoms with Crippen LogP contribution in [0.2, 0.25) is 5.02 Å². The number of halogens is 1. The minimum Gasteiger partial charge on any atom is -0.468 e. The molecule has 0 N–H and O–H groups in total. The van der Waals surface area contributed by atoms with Crippen molar-refractivity contribution < 1.29 is 22.9 Å². The Hall–Kier alpha value is -2.65. The number of ether oxygens (including phenoxy) is 1. The summed E-state index contributed by atoms with van der Waals surface area (Å²) in [4.78, 5) is 21.9. The maximum absolute atomic E-state index is 13.2. The highest BCUT2D eigenvalue weighted by Crippen LogP contribution is 2.30. The average molecular weight is 413 g/mol. The Labute approximate surface area is 161 Å². The average Bonchev–Trinajstić information content (AvgIpc) is 2.61. The molecule has 0 aliphatic heterocycles. The maximum atomic E-state index is 13.2. The van der Waals surface area contributed by atoms with Gasteiger partial charge in [-0.15, -0.1) is 0 Å². The Balaban J connectivity index is 2.66. The molecule has 0 fully saturated rings. The van der Waals surface area contributed by atoms with Gasteiger partial charge in [-0.05, 0) is 37.1 Å². The van der Waals surface area contributed by atoms with Crippen LogP contribution in [0.4, 0.5) is 11.4 Å². The number of aryl methyl sites for hydroxylation is 2. The van der Waals surface area contributed by atoms with E-state index < -0.39 is 27.5 Å². The molecule has 0 atom stereocenters. The number of rotatable bonds is 6. The fourth-order valence-electron chi connectivity index (χ4n) is 2.33. The number of nitro benzene ring substituents is 1. The van der Waals surface area contributed by atoms with E-state index in [-0.39, 0.29) is 16.3 Å². The standard InChI is InChI=1S/C17H17ClN2O6S/c1-11-4-6-13(8-15(11)18)19(10-17(21)26-3)27(24,25)16-9-14(20(22)23)7-5-12(16)2/h4-9H,10H2,1-3H3. The van der Waals surface area contributed by atoms with Crippen molar-refractivity contribution >= 4 is 39.0 Å². The molecule has 10 heteroatoms. The Morgan fingerprint density at radius 1 is 1.19 bits per heavy atom. The van der Waals surface area contributed by atoms with Gasteiger partial charge in [-0.1, -0.05) is 23.7 Å². The molecule has 0 spiro atoms.